The van der Waals surface area contributed by atoms with Crippen LogP contribution in [-0.2, 0) is 0 Å². The predicted octanol–water partition coefficient (Wildman–Crippen LogP) is 4.61. The predicted molar refractivity (Wildman–Crippen MR) is 90.1 cm³/mol. The van der Waals surface area contributed by atoms with Crippen molar-refractivity contribution >= 4 is 27.5 Å². The van der Waals surface area contributed by atoms with Crippen molar-refractivity contribution in [3.05, 3.63) is 33.3 Å². The number of hydrogen-bond donors (Lipinski definition) is 1. The van der Waals surface area contributed by atoms with Crippen molar-refractivity contribution in [1.29, 1.82) is 0 Å². The van der Waals surface area contributed by atoms with Gasteiger partial charge in [-0.25, -0.2) is 0 Å². The molecule has 0 spiro atoms. The molecule has 1 aliphatic rings. The second-order valence-corrected chi connectivity index (χ2v) is 7.28. The van der Waals surface area contributed by atoms with Gasteiger partial charge in [0.05, 0.1) is 5.02 Å². The molecule has 1 aromatic carbocycles. The highest BCUT2D eigenvalue weighted by molar-refractivity contribution is 9.10. The molecule has 1 aromatic rings. The Balaban J connectivity index is 2.15. The van der Waals surface area contributed by atoms with Gasteiger partial charge in [0.1, 0.15) is 0 Å². The number of rotatable bonds is 4. The molecule has 1 fully saturated rings. The summed E-state index contributed by atoms with van der Waals surface area (Å²) in [5, 5.41) is 0.749. The van der Waals surface area contributed by atoms with Gasteiger partial charge in [0, 0.05) is 23.1 Å². The van der Waals surface area contributed by atoms with E-state index < -0.39 is 0 Å². The van der Waals surface area contributed by atoms with Crippen LogP contribution in [0.25, 0.3) is 0 Å². The van der Waals surface area contributed by atoms with Crippen LogP contribution in [0.2, 0.25) is 5.02 Å². The molecule has 3 atom stereocenters. The van der Waals surface area contributed by atoms with E-state index in [1.54, 1.807) is 0 Å². The van der Waals surface area contributed by atoms with Crippen molar-refractivity contribution in [2.24, 2.45) is 11.7 Å². The van der Waals surface area contributed by atoms with Gasteiger partial charge < -0.3 is 5.73 Å². The van der Waals surface area contributed by atoms with E-state index in [2.05, 4.69) is 46.9 Å². The highest BCUT2D eigenvalue weighted by Crippen LogP contribution is 2.33. The molecular weight excluding hydrogens is 336 g/mol. The van der Waals surface area contributed by atoms with Gasteiger partial charge in [-0.05, 0) is 59.4 Å². The summed E-state index contributed by atoms with van der Waals surface area (Å²) in [6.07, 6.45) is 5.26. The Kier molecular flexibility index (Phi) is 5.91. The van der Waals surface area contributed by atoms with E-state index in [-0.39, 0.29) is 6.04 Å². The van der Waals surface area contributed by atoms with Crippen LogP contribution < -0.4 is 5.73 Å². The molecule has 1 aliphatic carbocycles. The van der Waals surface area contributed by atoms with E-state index in [0.717, 1.165) is 15.4 Å². The minimum Gasteiger partial charge on any atom is -0.329 e. The van der Waals surface area contributed by atoms with Gasteiger partial charge >= 0.3 is 0 Å². The normalized spacial score (nSPS) is 24.9. The largest absolute Gasteiger partial charge is 0.329 e. The first-order valence-electron chi connectivity index (χ1n) is 7.40. The molecule has 0 bridgehead atoms. The standard InChI is InChI=1S/C16H24BrClN2/c1-11-4-3-5-13(8-11)20(2)16(10-19)12-6-7-15(18)14(17)9-12/h6-7,9,11,13,16H,3-5,8,10,19H2,1-2H3. The molecule has 2 rings (SSSR count). The quantitative estimate of drug-likeness (QED) is 0.850. The topological polar surface area (TPSA) is 29.3 Å². The Bertz CT molecular complexity index is 452. The van der Waals surface area contributed by atoms with Gasteiger partial charge in [0.15, 0.2) is 0 Å². The van der Waals surface area contributed by atoms with E-state index in [1.807, 2.05) is 6.07 Å². The highest BCUT2D eigenvalue weighted by Gasteiger charge is 2.27. The number of hydrogen-bond acceptors (Lipinski definition) is 2. The first-order chi connectivity index (χ1) is 9.52. The van der Waals surface area contributed by atoms with E-state index in [1.165, 1.54) is 31.2 Å². The summed E-state index contributed by atoms with van der Waals surface area (Å²) in [7, 11) is 2.21. The van der Waals surface area contributed by atoms with Crippen molar-refractivity contribution in [2.45, 2.75) is 44.7 Å². The molecule has 3 unspecified atom stereocenters. The van der Waals surface area contributed by atoms with E-state index in [4.69, 9.17) is 17.3 Å². The Morgan fingerprint density at radius 2 is 2.20 bits per heavy atom. The lowest BCUT2D eigenvalue weighted by Crippen LogP contribution is -2.41. The minimum absolute atomic E-state index is 0.263. The van der Waals surface area contributed by atoms with Crippen LogP contribution in [-0.4, -0.2) is 24.5 Å². The Labute approximate surface area is 135 Å². The zero-order valence-corrected chi connectivity index (χ0v) is 14.6. The van der Waals surface area contributed by atoms with Crippen molar-refractivity contribution < 1.29 is 0 Å². The monoisotopic (exact) mass is 358 g/mol. The van der Waals surface area contributed by atoms with Crippen LogP contribution >= 0.6 is 27.5 Å². The molecule has 0 saturated heterocycles. The minimum atomic E-state index is 0.263. The van der Waals surface area contributed by atoms with Gasteiger partial charge in [0.2, 0.25) is 0 Å². The number of nitrogens with two attached hydrogens (primary N) is 1. The lowest BCUT2D eigenvalue weighted by molar-refractivity contribution is 0.121. The maximum Gasteiger partial charge on any atom is 0.0548 e. The Hall–Kier alpha value is -0.0900. The van der Waals surface area contributed by atoms with Crippen molar-refractivity contribution in [2.75, 3.05) is 13.6 Å². The molecule has 0 aromatic heterocycles. The van der Waals surface area contributed by atoms with E-state index >= 15 is 0 Å². The fourth-order valence-corrected chi connectivity index (χ4v) is 3.80. The number of likely N-dealkylation sites (N-methyl/N-ethyl adjacent to an activating group) is 1. The van der Waals surface area contributed by atoms with Crippen molar-refractivity contribution in [3.63, 3.8) is 0 Å². The van der Waals surface area contributed by atoms with E-state index in [0.29, 0.717) is 12.6 Å². The molecule has 4 heteroatoms. The van der Waals surface area contributed by atoms with Crippen LogP contribution in [0, 0.1) is 5.92 Å². The second-order valence-electron chi connectivity index (χ2n) is 6.02. The van der Waals surface area contributed by atoms with Gasteiger partial charge in [-0.2, -0.15) is 0 Å². The summed E-state index contributed by atoms with van der Waals surface area (Å²) in [6, 6.07) is 7.04. The van der Waals surface area contributed by atoms with Crippen LogP contribution in [0.5, 0.6) is 0 Å². The zero-order valence-electron chi connectivity index (χ0n) is 12.3. The third-order valence-electron chi connectivity index (χ3n) is 4.53. The van der Waals surface area contributed by atoms with E-state index in [9.17, 15) is 0 Å². The fourth-order valence-electron chi connectivity index (χ4n) is 3.28. The van der Waals surface area contributed by atoms with Gasteiger partial charge in [-0.15, -0.1) is 0 Å². The summed E-state index contributed by atoms with van der Waals surface area (Å²) in [4.78, 5) is 2.46. The lowest BCUT2D eigenvalue weighted by atomic mass is 9.85. The number of nitrogens with zero attached hydrogens (tertiary/aromatic N) is 1. The van der Waals surface area contributed by atoms with Crippen LogP contribution in [0.15, 0.2) is 22.7 Å². The Morgan fingerprint density at radius 3 is 2.80 bits per heavy atom. The molecule has 112 valence electrons. The van der Waals surface area contributed by atoms with Crippen LogP contribution in [0.4, 0.5) is 0 Å². The molecular formula is C16H24BrClN2. The Morgan fingerprint density at radius 1 is 1.45 bits per heavy atom. The maximum atomic E-state index is 6.08. The first kappa shape index (κ1) is 16.3. The maximum absolute atomic E-state index is 6.08. The average Bonchev–Trinajstić information content (AvgIpc) is 2.43. The smallest absolute Gasteiger partial charge is 0.0548 e. The average molecular weight is 360 g/mol. The molecule has 0 heterocycles. The summed E-state index contributed by atoms with van der Waals surface area (Å²) >= 11 is 9.59. The fraction of sp³-hybridized carbons (Fsp3) is 0.625. The van der Waals surface area contributed by atoms with Gasteiger partial charge in [0.25, 0.3) is 0 Å². The van der Waals surface area contributed by atoms with Crippen molar-refractivity contribution in [3.8, 4) is 0 Å². The summed E-state index contributed by atoms with van der Waals surface area (Å²) in [5.41, 5.74) is 7.29. The lowest BCUT2D eigenvalue weighted by Gasteiger charge is -2.39. The van der Waals surface area contributed by atoms with Gasteiger partial charge in [-0.1, -0.05) is 37.4 Å². The molecule has 0 radical (unpaired) electrons. The molecule has 20 heavy (non-hydrogen) atoms. The van der Waals surface area contributed by atoms with Gasteiger partial charge in [-0.3, -0.25) is 4.90 Å². The number of halogens is 2. The molecule has 0 aliphatic heterocycles. The molecule has 2 nitrogen and oxygen atoms in total. The summed E-state index contributed by atoms with van der Waals surface area (Å²) in [6.45, 7) is 2.99. The first-order valence-corrected chi connectivity index (χ1v) is 8.57. The second kappa shape index (κ2) is 7.26. The van der Waals surface area contributed by atoms with Crippen LogP contribution in [0.3, 0.4) is 0 Å². The highest BCUT2D eigenvalue weighted by atomic mass is 79.9. The molecule has 1 saturated carbocycles. The zero-order chi connectivity index (χ0) is 14.7. The molecule has 0 amide bonds. The SMILES string of the molecule is CC1CCCC(N(C)C(CN)c2ccc(Cl)c(Br)c2)C1. The summed E-state index contributed by atoms with van der Waals surface area (Å²) in [5.74, 6) is 0.826. The summed E-state index contributed by atoms with van der Waals surface area (Å²) < 4.78 is 0.945. The third kappa shape index (κ3) is 3.76. The number of benzene rings is 1. The molecule has 2 N–H and O–H groups in total. The van der Waals surface area contributed by atoms with Crippen molar-refractivity contribution in [1.82, 2.24) is 4.90 Å². The van der Waals surface area contributed by atoms with Crippen LogP contribution in [0.1, 0.15) is 44.2 Å². The third-order valence-corrected chi connectivity index (χ3v) is 5.74.